The van der Waals surface area contributed by atoms with Gasteiger partial charge in [-0.15, -0.1) is 0 Å². The number of carbonyl (C=O) groups excluding carboxylic acids is 2. The van der Waals surface area contributed by atoms with Crippen molar-refractivity contribution < 1.29 is 19.1 Å². The summed E-state index contributed by atoms with van der Waals surface area (Å²) < 4.78 is 12.2. The number of nitrogen functional groups attached to an aromatic ring is 1. The smallest absolute Gasteiger partial charge is 0.339 e. The quantitative estimate of drug-likeness (QED) is 0.762. The fourth-order valence-corrected chi connectivity index (χ4v) is 2.59. The SMILES string of the molecule is COC(=O)c1cc(CNC(=O)c2cncc(N)n2)n2c1COCC2. The Kier molecular flexibility index (Phi) is 4.43. The number of methoxy groups -OCH3 is 1. The number of hydrogen-bond acceptors (Lipinski definition) is 7. The van der Waals surface area contributed by atoms with Gasteiger partial charge in [0.2, 0.25) is 0 Å². The van der Waals surface area contributed by atoms with Crippen LogP contribution in [0.1, 0.15) is 32.2 Å². The third-order valence-electron chi connectivity index (χ3n) is 3.71. The number of ether oxygens (including phenoxy) is 2. The van der Waals surface area contributed by atoms with Crippen LogP contribution in [0.2, 0.25) is 0 Å². The van der Waals surface area contributed by atoms with Crippen molar-refractivity contribution in [3.63, 3.8) is 0 Å². The fraction of sp³-hybridized carbons (Fsp3) is 0.333. The lowest BCUT2D eigenvalue weighted by molar-refractivity contribution is 0.0574. The second kappa shape index (κ2) is 6.67. The van der Waals surface area contributed by atoms with Gasteiger partial charge in [-0.25, -0.2) is 9.78 Å². The molecule has 3 heterocycles. The molecule has 9 nitrogen and oxygen atoms in total. The Hall–Kier alpha value is -2.94. The van der Waals surface area contributed by atoms with E-state index in [1.54, 1.807) is 6.07 Å². The predicted molar refractivity (Wildman–Crippen MR) is 83.0 cm³/mol. The van der Waals surface area contributed by atoms with Gasteiger partial charge in [0.05, 0.1) is 50.5 Å². The summed E-state index contributed by atoms with van der Waals surface area (Å²) in [6.45, 7) is 1.72. The molecule has 1 aliphatic heterocycles. The van der Waals surface area contributed by atoms with Crippen LogP contribution in [-0.4, -0.2) is 40.1 Å². The van der Waals surface area contributed by atoms with Crippen molar-refractivity contribution in [1.29, 1.82) is 0 Å². The maximum absolute atomic E-state index is 12.1. The number of aromatic nitrogens is 3. The molecule has 0 bridgehead atoms. The van der Waals surface area contributed by atoms with Crippen molar-refractivity contribution in [2.24, 2.45) is 0 Å². The number of amides is 1. The van der Waals surface area contributed by atoms with E-state index in [0.717, 1.165) is 11.4 Å². The average Bonchev–Trinajstić information content (AvgIpc) is 2.98. The summed E-state index contributed by atoms with van der Waals surface area (Å²) in [6.07, 6.45) is 2.70. The molecule has 0 aromatic carbocycles. The summed E-state index contributed by atoms with van der Waals surface area (Å²) in [5.41, 5.74) is 7.65. The second-order valence-electron chi connectivity index (χ2n) is 5.20. The van der Waals surface area contributed by atoms with Crippen LogP contribution >= 0.6 is 0 Å². The molecule has 0 unspecified atom stereocenters. The molecule has 9 heteroatoms. The lowest BCUT2D eigenvalue weighted by Gasteiger charge is -2.19. The van der Waals surface area contributed by atoms with Crippen LogP contribution in [0.5, 0.6) is 0 Å². The van der Waals surface area contributed by atoms with Gasteiger partial charge in [0.25, 0.3) is 5.91 Å². The van der Waals surface area contributed by atoms with Crippen molar-refractivity contribution in [3.8, 4) is 0 Å². The Balaban J connectivity index is 1.79. The zero-order chi connectivity index (χ0) is 17.1. The Bertz CT molecular complexity index is 786. The molecule has 3 N–H and O–H groups in total. The lowest BCUT2D eigenvalue weighted by atomic mass is 10.2. The summed E-state index contributed by atoms with van der Waals surface area (Å²) in [7, 11) is 1.33. The predicted octanol–water partition coefficient (Wildman–Crippen LogP) is 0.107. The van der Waals surface area contributed by atoms with Crippen molar-refractivity contribution in [3.05, 3.63) is 41.1 Å². The maximum Gasteiger partial charge on any atom is 0.339 e. The largest absolute Gasteiger partial charge is 0.465 e. The molecular formula is C15H17N5O4. The van der Waals surface area contributed by atoms with Gasteiger partial charge in [0, 0.05) is 12.2 Å². The van der Waals surface area contributed by atoms with Crippen LogP contribution in [0.3, 0.4) is 0 Å². The topological polar surface area (TPSA) is 121 Å². The number of esters is 1. The average molecular weight is 331 g/mol. The molecule has 0 aliphatic carbocycles. The highest BCUT2D eigenvalue weighted by Gasteiger charge is 2.23. The maximum atomic E-state index is 12.1. The summed E-state index contributed by atoms with van der Waals surface area (Å²) >= 11 is 0. The van der Waals surface area contributed by atoms with Crippen LogP contribution in [0, 0.1) is 0 Å². The number of anilines is 1. The number of hydrogen-bond donors (Lipinski definition) is 2. The normalized spacial score (nSPS) is 13.2. The summed E-state index contributed by atoms with van der Waals surface area (Å²) in [5, 5.41) is 2.75. The molecule has 0 saturated carbocycles. The summed E-state index contributed by atoms with van der Waals surface area (Å²) in [6, 6.07) is 1.71. The van der Waals surface area contributed by atoms with Crippen LogP contribution in [0.25, 0.3) is 0 Å². The Morgan fingerprint density at radius 2 is 2.29 bits per heavy atom. The van der Waals surface area contributed by atoms with E-state index in [1.807, 2.05) is 4.57 Å². The van der Waals surface area contributed by atoms with Crippen molar-refractivity contribution in [2.45, 2.75) is 19.7 Å². The van der Waals surface area contributed by atoms with Crippen LogP contribution < -0.4 is 11.1 Å². The van der Waals surface area contributed by atoms with Crippen molar-refractivity contribution in [1.82, 2.24) is 19.9 Å². The molecule has 24 heavy (non-hydrogen) atoms. The van der Waals surface area contributed by atoms with Gasteiger partial charge < -0.3 is 25.1 Å². The molecule has 3 rings (SSSR count). The van der Waals surface area contributed by atoms with Gasteiger partial charge in [0.1, 0.15) is 11.5 Å². The molecule has 0 spiro atoms. The first-order valence-electron chi connectivity index (χ1n) is 7.33. The molecule has 2 aromatic heterocycles. The monoisotopic (exact) mass is 331 g/mol. The number of nitrogens with zero attached hydrogens (tertiary/aromatic N) is 3. The van der Waals surface area contributed by atoms with Crippen molar-refractivity contribution >= 4 is 17.7 Å². The van der Waals surface area contributed by atoms with Gasteiger partial charge in [0.15, 0.2) is 0 Å². The van der Waals surface area contributed by atoms with E-state index in [0.29, 0.717) is 25.3 Å². The number of nitrogens with one attached hydrogen (secondary N) is 1. The van der Waals surface area contributed by atoms with E-state index in [4.69, 9.17) is 15.2 Å². The van der Waals surface area contributed by atoms with Crippen LogP contribution in [-0.2, 0) is 29.2 Å². The highest BCUT2D eigenvalue weighted by atomic mass is 16.5. The van der Waals surface area contributed by atoms with Crippen LogP contribution in [0.4, 0.5) is 5.82 Å². The Morgan fingerprint density at radius 3 is 3.04 bits per heavy atom. The molecular weight excluding hydrogens is 314 g/mol. The summed E-state index contributed by atoms with van der Waals surface area (Å²) in [4.78, 5) is 31.8. The number of rotatable bonds is 4. The molecule has 2 aromatic rings. The first-order chi connectivity index (χ1) is 11.6. The minimum Gasteiger partial charge on any atom is -0.465 e. The van der Waals surface area contributed by atoms with E-state index in [1.165, 1.54) is 19.5 Å². The Morgan fingerprint density at radius 1 is 1.46 bits per heavy atom. The number of fused-ring (bicyclic) bond motifs is 1. The molecule has 0 radical (unpaired) electrons. The van der Waals surface area contributed by atoms with Crippen molar-refractivity contribution in [2.75, 3.05) is 19.5 Å². The number of nitrogens with two attached hydrogens (primary N) is 1. The molecule has 126 valence electrons. The number of carbonyl (C=O) groups is 2. The first-order valence-corrected chi connectivity index (χ1v) is 7.33. The molecule has 1 aliphatic rings. The zero-order valence-corrected chi connectivity index (χ0v) is 13.1. The van der Waals surface area contributed by atoms with Gasteiger partial charge >= 0.3 is 5.97 Å². The van der Waals surface area contributed by atoms with Crippen LogP contribution in [0.15, 0.2) is 18.5 Å². The fourth-order valence-electron chi connectivity index (χ4n) is 2.59. The summed E-state index contributed by atoms with van der Waals surface area (Å²) in [5.74, 6) is -0.645. The molecule has 1 amide bonds. The Labute approximate surface area is 137 Å². The molecule has 0 saturated heterocycles. The standard InChI is InChI=1S/C15H17N5O4/c1-23-15(22)10-4-9(20-2-3-24-8-12(10)20)5-18-14(21)11-6-17-7-13(16)19-11/h4,6-7H,2-3,5,8H2,1H3,(H2,16,19)(H,18,21). The molecule has 0 fully saturated rings. The first kappa shape index (κ1) is 15.9. The van der Waals surface area contributed by atoms with E-state index in [2.05, 4.69) is 15.3 Å². The van der Waals surface area contributed by atoms with E-state index >= 15 is 0 Å². The van der Waals surface area contributed by atoms with E-state index < -0.39 is 11.9 Å². The minimum atomic E-state index is -0.427. The minimum absolute atomic E-state index is 0.136. The highest BCUT2D eigenvalue weighted by Crippen LogP contribution is 2.21. The van der Waals surface area contributed by atoms with Gasteiger partial charge in [-0.3, -0.25) is 9.78 Å². The lowest BCUT2D eigenvalue weighted by Crippen LogP contribution is -2.27. The third kappa shape index (κ3) is 3.06. The van der Waals surface area contributed by atoms with Gasteiger partial charge in [-0.1, -0.05) is 0 Å². The van der Waals surface area contributed by atoms with Gasteiger partial charge in [-0.2, -0.15) is 0 Å². The van der Waals surface area contributed by atoms with E-state index in [-0.39, 0.29) is 18.1 Å². The van der Waals surface area contributed by atoms with E-state index in [9.17, 15) is 9.59 Å². The third-order valence-corrected chi connectivity index (χ3v) is 3.71. The molecule has 0 atom stereocenters. The van der Waals surface area contributed by atoms with Gasteiger partial charge in [-0.05, 0) is 6.07 Å². The second-order valence-corrected chi connectivity index (χ2v) is 5.20. The zero-order valence-electron chi connectivity index (χ0n) is 13.1. The highest BCUT2D eigenvalue weighted by molar-refractivity contribution is 5.92.